The second kappa shape index (κ2) is 5.58. The Labute approximate surface area is 111 Å². The van der Waals surface area contributed by atoms with Gasteiger partial charge in [0, 0.05) is 19.6 Å². The number of nitrogens with zero attached hydrogens (tertiary/aromatic N) is 1. The number of piperazine rings is 1. The maximum absolute atomic E-state index is 11.1. The fourth-order valence-corrected chi connectivity index (χ4v) is 2.72. The smallest absolute Gasteiger partial charge is 0.407 e. The molecule has 0 aliphatic carbocycles. The van der Waals surface area contributed by atoms with E-state index in [1.807, 2.05) is 0 Å². The van der Waals surface area contributed by atoms with Crippen molar-refractivity contribution in [2.24, 2.45) is 0 Å². The Morgan fingerprint density at radius 2 is 2.11 bits per heavy atom. The van der Waals surface area contributed by atoms with Gasteiger partial charge in [0.05, 0.1) is 12.6 Å². The summed E-state index contributed by atoms with van der Waals surface area (Å²) in [4.78, 5) is 12.6. The molecule has 1 aliphatic rings. The third-order valence-corrected chi connectivity index (χ3v) is 8.54. The summed E-state index contributed by atoms with van der Waals surface area (Å²) in [7, 11) is -1.80. The Balaban J connectivity index is 2.58. The van der Waals surface area contributed by atoms with Gasteiger partial charge in [0.15, 0.2) is 8.32 Å². The third kappa shape index (κ3) is 3.70. The van der Waals surface area contributed by atoms with Crippen molar-refractivity contribution in [2.45, 2.75) is 44.9 Å². The Kier molecular flexibility index (Phi) is 4.80. The second-order valence-electron chi connectivity index (χ2n) is 6.41. The van der Waals surface area contributed by atoms with Crippen LogP contribution in [0.4, 0.5) is 4.79 Å². The third-order valence-electron chi connectivity index (χ3n) is 4.04. The van der Waals surface area contributed by atoms with Crippen LogP contribution >= 0.6 is 0 Å². The maximum Gasteiger partial charge on any atom is 0.407 e. The van der Waals surface area contributed by atoms with Crippen LogP contribution in [0.5, 0.6) is 0 Å². The van der Waals surface area contributed by atoms with Crippen LogP contribution < -0.4 is 5.32 Å². The molecule has 0 radical (unpaired) electrons. The van der Waals surface area contributed by atoms with Gasteiger partial charge in [0.25, 0.3) is 0 Å². The number of rotatable bonds is 3. The zero-order valence-corrected chi connectivity index (χ0v) is 13.1. The van der Waals surface area contributed by atoms with Gasteiger partial charge >= 0.3 is 6.09 Å². The van der Waals surface area contributed by atoms with Crippen molar-refractivity contribution in [3.05, 3.63) is 0 Å². The molecule has 1 unspecified atom stereocenters. The predicted molar refractivity (Wildman–Crippen MR) is 74.5 cm³/mol. The van der Waals surface area contributed by atoms with Gasteiger partial charge in [0.2, 0.25) is 0 Å². The summed E-state index contributed by atoms with van der Waals surface area (Å²) >= 11 is 0. The Morgan fingerprint density at radius 3 is 2.61 bits per heavy atom. The Morgan fingerprint density at radius 1 is 1.50 bits per heavy atom. The SMILES string of the molecule is CC(C)(C)[Si](C)(C)OCC1CNCCN1C(=O)O. The van der Waals surface area contributed by atoms with Crippen LogP contribution in [-0.2, 0) is 4.43 Å². The molecule has 1 rings (SSSR count). The number of carbonyl (C=O) groups is 1. The predicted octanol–water partition coefficient (Wildman–Crippen LogP) is 1.96. The highest BCUT2D eigenvalue weighted by atomic mass is 28.4. The summed E-state index contributed by atoms with van der Waals surface area (Å²) < 4.78 is 6.11. The summed E-state index contributed by atoms with van der Waals surface area (Å²) in [5.41, 5.74) is 0. The average Bonchev–Trinajstić information content (AvgIpc) is 2.25. The van der Waals surface area contributed by atoms with Gasteiger partial charge in [0.1, 0.15) is 0 Å². The first-order valence-corrected chi connectivity index (χ1v) is 9.40. The molecule has 1 amide bonds. The van der Waals surface area contributed by atoms with Crippen LogP contribution in [0.2, 0.25) is 18.1 Å². The van der Waals surface area contributed by atoms with E-state index in [1.54, 1.807) is 0 Å². The topological polar surface area (TPSA) is 61.8 Å². The van der Waals surface area contributed by atoms with Crippen LogP contribution in [0.1, 0.15) is 20.8 Å². The first-order chi connectivity index (χ1) is 8.15. The van der Waals surface area contributed by atoms with Crippen molar-refractivity contribution >= 4 is 14.4 Å². The van der Waals surface area contributed by atoms with Crippen LogP contribution in [0.15, 0.2) is 0 Å². The van der Waals surface area contributed by atoms with Crippen LogP contribution in [0.3, 0.4) is 0 Å². The largest absolute Gasteiger partial charge is 0.465 e. The summed E-state index contributed by atoms with van der Waals surface area (Å²) in [5, 5.41) is 12.5. The fourth-order valence-electron chi connectivity index (χ4n) is 1.68. The quantitative estimate of drug-likeness (QED) is 0.772. The van der Waals surface area contributed by atoms with Crippen LogP contribution in [0.25, 0.3) is 0 Å². The van der Waals surface area contributed by atoms with Crippen LogP contribution in [-0.4, -0.2) is 56.7 Å². The molecule has 6 heteroatoms. The number of carboxylic acid groups (broad SMARTS) is 1. The molecular weight excluding hydrogens is 248 g/mol. The van der Waals surface area contributed by atoms with E-state index in [0.717, 1.165) is 6.54 Å². The molecule has 1 aliphatic heterocycles. The minimum Gasteiger partial charge on any atom is -0.465 e. The Hall–Kier alpha value is -0.593. The van der Waals surface area contributed by atoms with E-state index in [-0.39, 0.29) is 11.1 Å². The molecule has 0 aromatic carbocycles. The Bertz CT molecular complexity index is 302. The molecule has 0 bridgehead atoms. The van der Waals surface area contributed by atoms with E-state index in [0.29, 0.717) is 19.7 Å². The summed E-state index contributed by atoms with van der Waals surface area (Å²) in [6.45, 7) is 13.4. The minimum atomic E-state index is -1.80. The van der Waals surface area contributed by atoms with E-state index < -0.39 is 14.4 Å². The monoisotopic (exact) mass is 274 g/mol. The number of nitrogens with one attached hydrogen (secondary N) is 1. The molecule has 1 heterocycles. The van der Waals surface area contributed by atoms with Crippen LogP contribution in [0, 0.1) is 0 Å². The lowest BCUT2D eigenvalue weighted by atomic mass is 10.2. The van der Waals surface area contributed by atoms with Crippen molar-refractivity contribution < 1.29 is 14.3 Å². The highest BCUT2D eigenvalue weighted by molar-refractivity contribution is 6.74. The van der Waals surface area contributed by atoms with Crippen molar-refractivity contribution in [1.82, 2.24) is 10.2 Å². The molecule has 106 valence electrons. The molecule has 1 saturated heterocycles. The molecule has 0 saturated carbocycles. The first-order valence-electron chi connectivity index (χ1n) is 6.49. The average molecular weight is 274 g/mol. The van der Waals surface area contributed by atoms with Crippen molar-refractivity contribution in [2.75, 3.05) is 26.2 Å². The van der Waals surface area contributed by atoms with Gasteiger partial charge in [-0.2, -0.15) is 0 Å². The molecule has 0 aromatic rings. The summed E-state index contributed by atoms with van der Waals surface area (Å²) in [5.74, 6) is 0. The number of hydrogen-bond acceptors (Lipinski definition) is 3. The van der Waals surface area contributed by atoms with E-state index in [1.165, 1.54) is 4.90 Å². The van der Waals surface area contributed by atoms with Gasteiger partial charge in [-0.3, -0.25) is 0 Å². The molecule has 1 fully saturated rings. The highest BCUT2D eigenvalue weighted by Crippen LogP contribution is 2.36. The number of hydrogen-bond donors (Lipinski definition) is 2. The maximum atomic E-state index is 11.1. The zero-order chi connectivity index (χ0) is 14.0. The minimum absolute atomic E-state index is 0.0645. The number of amides is 1. The molecule has 5 nitrogen and oxygen atoms in total. The fraction of sp³-hybridized carbons (Fsp3) is 0.917. The van der Waals surface area contributed by atoms with Crippen molar-refractivity contribution in [1.29, 1.82) is 0 Å². The molecule has 2 N–H and O–H groups in total. The van der Waals surface area contributed by atoms with E-state index >= 15 is 0 Å². The molecule has 0 spiro atoms. The zero-order valence-electron chi connectivity index (χ0n) is 12.1. The van der Waals surface area contributed by atoms with Gasteiger partial charge < -0.3 is 19.7 Å². The van der Waals surface area contributed by atoms with Gasteiger partial charge in [-0.25, -0.2) is 4.79 Å². The lowest BCUT2D eigenvalue weighted by molar-refractivity contribution is 0.0870. The van der Waals surface area contributed by atoms with E-state index in [4.69, 9.17) is 9.53 Å². The van der Waals surface area contributed by atoms with Crippen molar-refractivity contribution in [3.8, 4) is 0 Å². The first kappa shape index (κ1) is 15.5. The van der Waals surface area contributed by atoms with Gasteiger partial charge in [-0.15, -0.1) is 0 Å². The molecule has 1 atom stereocenters. The molecule has 0 aromatic heterocycles. The normalized spacial score (nSPS) is 22.1. The van der Waals surface area contributed by atoms with Gasteiger partial charge in [-0.05, 0) is 18.1 Å². The summed E-state index contributed by atoms with van der Waals surface area (Å²) in [6.07, 6.45) is -0.847. The highest BCUT2D eigenvalue weighted by Gasteiger charge is 2.38. The lowest BCUT2D eigenvalue weighted by Crippen LogP contribution is -2.56. The van der Waals surface area contributed by atoms with E-state index in [9.17, 15) is 4.79 Å². The lowest BCUT2D eigenvalue weighted by Gasteiger charge is -2.40. The summed E-state index contributed by atoms with van der Waals surface area (Å²) in [6, 6.07) is -0.0645. The van der Waals surface area contributed by atoms with Crippen molar-refractivity contribution in [3.63, 3.8) is 0 Å². The molecule has 18 heavy (non-hydrogen) atoms. The van der Waals surface area contributed by atoms with Gasteiger partial charge in [-0.1, -0.05) is 20.8 Å². The second-order valence-corrected chi connectivity index (χ2v) is 11.2. The standard InChI is InChI=1S/C12H26N2O3Si/c1-12(2,3)18(4,5)17-9-10-8-13-6-7-14(10)11(15)16/h10,13H,6-9H2,1-5H3,(H,15,16). The molecular formula is C12H26N2O3Si. The van der Waals surface area contributed by atoms with E-state index in [2.05, 4.69) is 39.2 Å².